The Morgan fingerprint density at radius 2 is 1.77 bits per heavy atom. The molecule has 0 unspecified atom stereocenters. The quantitative estimate of drug-likeness (QED) is 0.683. The predicted octanol–water partition coefficient (Wildman–Crippen LogP) is 3.97. The van der Waals surface area contributed by atoms with E-state index >= 15 is 0 Å². The van der Waals surface area contributed by atoms with E-state index in [1.54, 1.807) is 36.2 Å². The fourth-order valence-corrected chi connectivity index (χ4v) is 2.85. The average Bonchev–Trinajstić information content (AvgIpc) is 2.73. The van der Waals surface area contributed by atoms with Crippen LogP contribution in [-0.2, 0) is 12.7 Å². The molecule has 6 nitrogen and oxygen atoms in total. The Morgan fingerprint density at radius 3 is 2.30 bits per heavy atom. The highest BCUT2D eigenvalue weighted by atomic mass is 19.4. The normalized spacial score (nSPS) is 11.1. The molecule has 0 aliphatic rings. The van der Waals surface area contributed by atoms with Gasteiger partial charge in [-0.25, -0.2) is 4.98 Å². The van der Waals surface area contributed by atoms with Crippen LogP contribution in [0, 0.1) is 11.3 Å². The minimum atomic E-state index is -4.41. The van der Waals surface area contributed by atoms with Gasteiger partial charge in [-0.2, -0.15) is 18.4 Å². The minimum absolute atomic E-state index is 0.133. The van der Waals surface area contributed by atoms with Gasteiger partial charge in [-0.3, -0.25) is 9.78 Å². The number of aromatic amines is 1. The zero-order chi connectivity index (χ0) is 21.9. The van der Waals surface area contributed by atoms with Crippen molar-refractivity contribution in [1.29, 1.82) is 5.26 Å². The second-order valence-electron chi connectivity index (χ2n) is 6.50. The van der Waals surface area contributed by atoms with E-state index in [2.05, 4.69) is 9.97 Å². The number of hydrogen-bond donors (Lipinski definition) is 1. The van der Waals surface area contributed by atoms with Crippen LogP contribution in [0.4, 0.5) is 19.1 Å². The van der Waals surface area contributed by atoms with E-state index < -0.39 is 17.3 Å². The van der Waals surface area contributed by atoms with E-state index in [0.29, 0.717) is 16.9 Å². The fourth-order valence-electron chi connectivity index (χ4n) is 2.85. The molecule has 0 atom stereocenters. The molecule has 0 amide bonds. The van der Waals surface area contributed by atoms with Gasteiger partial charge in [0.1, 0.15) is 17.4 Å². The van der Waals surface area contributed by atoms with Gasteiger partial charge in [0.2, 0.25) is 5.95 Å². The first kappa shape index (κ1) is 20.9. The average molecular weight is 414 g/mol. The third-order valence-corrected chi connectivity index (χ3v) is 4.44. The minimum Gasteiger partial charge on any atom is -0.497 e. The maximum Gasteiger partial charge on any atom is 0.416 e. The summed E-state index contributed by atoms with van der Waals surface area (Å²) in [6.45, 7) is 0.203. The van der Waals surface area contributed by atoms with Crippen LogP contribution in [0.2, 0.25) is 0 Å². The SMILES string of the molecule is COc1ccc(-c2nc(N(C)Cc3ccc(C(F)(F)F)cc3)[nH]c(=O)c2C#N)cc1. The Kier molecular flexibility index (Phi) is 5.78. The Morgan fingerprint density at radius 1 is 1.13 bits per heavy atom. The molecule has 2 aromatic carbocycles. The first-order valence-electron chi connectivity index (χ1n) is 8.79. The lowest BCUT2D eigenvalue weighted by Crippen LogP contribution is -2.24. The second kappa shape index (κ2) is 8.29. The summed E-state index contributed by atoms with van der Waals surface area (Å²) in [5.74, 6) is 0.798. The van der Waals surface area contributed by atoms with Crippen molar-refractivity contribution >= 4 is 5.95 Å². The van der Waals surface area contributed by atoms with Crippen LogP contribution in [0.25, 0.3) is 11.3 Å². The third-order valence-electron chi connectivity index (χ3n) is 4.44. The molecule has 0 fully saturated rings. The van der Waals surface area contributed by atoms with Crippen molar-refractivity contribution in [2.75, 3.05) is 19.1 Å². The highest BCUT2D eigenvalue weighted by Gasteiger charge is 2.30. The largest absolute Gasteiger partial charge is 0.497 e. The number of ether oxygens (including phenoxy) is 1. The third kappa shape index (κ3) is 4.43. The molecule has 0 saturated carbocycles. The Hall–Kier alpha value is -3.80. The lowest BCUT2D eigenvalue weighted by molar-refractivity contribution is -0.137. The highest BCUT2D eigenvalue weighted by Crippen LogP contribution is 2.29. The summed E-state index contributed by atoms with van der Waals surface area (Å²) in [6, 6.07) is 13.3. The van der Waals surface area contributed by atoms with Gasteiger partial charge < -0.3 is 9.64 Å². The summed E-state index contributed by atoms with van der Waals surface area (Å²) in [5.41, 5.74) is -0.107. The topological polar surface area (TPSA) is 82.0 Å². The first-order valence-corrected chi connectivity index (χ1v) is 8.79. The molecule has 1 heterocycles. The molecule has 3 aromatic rings. The lowest BCUT2D eigenvalue weighted by Gasteiger charge is -2.19. The molecule has 1 aromatic heterocycles. The van der Waals surface area contributed by atoms with Gasteiger partial charge in [0.15, 0.2) is 0 Å². The molecule has 154 valence electrons. The van der Waals surface area contributed by atoms with E-state index in [-0.39, 0.29) is 23.8 Å². The van der Waals surface area contributed by atoms with E-state index in [4.69, 9.17) is 4.74 Å². The van der Waals surface area contributed by atoms with E-state index in [1.807, 2.05) is 6.07 Å². The Labute approximate surface area is 170 Å². The second-order valence-corrected chi connectivity index (χ2v) is 6.50. The van der Waals surface area contributed by atoms with Gasteiger partial charge in [0.05, 0.1) is 18.4 Å². The van der Waals surface area contributed by atoms with Crippen molar-refractivity contribution < 1.29 is 17.9 Å². The molecule has 1 N–H and O–H groups in total. The lowest BCUT2D eigenvalue weighted by atomic mass is 10.1. The number of benzene rings is 2. The van der Waals surface area contributed by atoms with Gasteiger partial charge in [-0.1, -0.05) is 12.1 Å². The number of nitrogens with zero attached hydrogens (tertiary/aromatic N) is 3. The van der Waals surface area contributed by atoms with Crippen molar-refractivity contribution in [2.24, 2.45) is 0 Å². The molecule has 0 radical (unpaired) electrons. The number of H-pyrrole nitrogens is 1. The number of nitrogens with one attached hydrogen (secondary N) is 1. The number of halogens is 3. The number of methoxy groups -OCH3 is 1. The number of anilines is 1. The van der Waals surface area contributed by atoms with Gasteiger partial charge in [0, 0.05) is 19.2 Å². The van der Waals surface area contributed by atoms with Crippen LogP contribution < -0.4 is 15.2 Å². The van der Waals surface area contributed by atoms with E-state index in [0.717, 1.165) is 12.1 Å². The van der Waals surface area contributed by atoms with Crippen molar-refractivity contribution in [3.8, 4) is 23.1 Å². The summed E-state index contributed by atoms with van der Waals surface area (Å²) >= 11 is 0. The molecule has 9 heteroatoms. The number of nitriles is 1. The zero-order valence-electron chi connectivity index (χ0n) is 16.1. The number of rotatable bonds is 5. The van der Waals surface area contributed by atoms with Gasteiger partial charge in [0.25, 0.3) is 5.56 Å². The first-order chi connectivity index (χ1) is 14.2. The zero-order valence-corrected chi connectivity index (χ0v) is 16.1. The van der Waals surface area contributed by atoms with E-state index in [1.165, 1.54) is 19.2 Å². The highest BCUT2D eigenvalue weighted by molar-refractivity contribution is 5.67. The van der Waals surface area contributed by atoms with Crippen LogP contribution in [0.15, 0.2) is 53.3 Å². The molecule has 0 saturated heterocycles. The molecule has 0 aliphatic heterocycles. The number of alkyl halides is 3. The van der Waals surface area contributed by atoms with Crippen LogP contribution >= 0.6 is 0 Å². The number of aromatic nitrogens is 2. The molecule has 30 heavy (non-hydrogen) atoms. The Balaban J connectivity index is 1.93. The summed E-state index contributed by atoms with van der Waals surface area (Å²) in [5, 5.41) is 9.38. The predicted molar refractivity (Wildman–Crippen MR) is 105 cm³/mol. The van der Waals surface area contributed by atoms with Crippen molar-refractivity contribution in [1.82, 2.24) is 9.97 Å². The standard InChI is InChI=1S/C21H17F3N4O2/c1-28(12-13-3-7-15(8-4-13)21(22,23)24)20-26-18(17(11-25)19(29)27-20)14-5-9-16(30-2)10-6-14/h3-10H,12H2,1-2H3,(H,26,27,29). The maximum absolute atomic E-state index is 12.7. The van der Waals surface area contributed by atoms with Crippen LogP contribution in [0.5, 0.6) is 5.75 Å². The monoisotopic (exact) mass is 414 g/mol. The molecule has 3 rings (SSSR count). The molecule has 0 bridgehead atoms. The summed E-state index contributed by atoms with van der Waals surface area (Å²) in [6.07, 6.45) is -4.41. The molecular formula is C21H17F3N4O2. The van der Waals surface area contributed by atoms with Gasteiger partial charge in [-0.15, -0.1) is 0 Å². The van der Waals surface area contributed by atoms with E-state index in [9.17, 15) is 23.2 Å². The molecule has 0 spiro atoms. The fraction of sp³-hybridized carbons (Fsp3) is 0.190. The molecular weight excluding hydrogens is 397 g/mol. The smallest absolute Gasteiger partial charge is 0.416 e. The van der Waals surface area contributed by atoms with Crippen molar-refractivity contribution in [3.63, 3.8) is 0 Å². The van der Waals surface area contributed by atoms with Crippen molar-refractivity contribution in [2.45, 2.75) is 12.7 Å². The summed E-state index contributed by atoms with van der Waals surface area (Å²) < 4.78 is 43.3. The van der Waals surface area contributed by atoms with Crippen LogP contribution in [0.3, 0.4) is 0 Å². The summed E-state index contributed by atoms with van der Waals surface area (Å²) in [4.78, 5) is 20.9. The van der Waals surface area contributed by atoms with Crippen LogP contribution in [0.1, 0.15) is 16.7 Å². The molecule has 0 aliphatic carbocycles. The van der Waals surface area contributed by atoms with Crippen molar-refractivity contribution in [3.05, 3.63) is 75.6 Å². The maximum atomic E-state index is 12.7. The van der Waals surface area contributed by atoms with Gasteiger partial charge >= 0.3 is 6.18 Å². The van der Waals surface area contributed by atoms with Crippen LogP contribution in [-0.4, -0.2) is 24.1 Å². The summed E-state index contributed by atoms with van der Waals surface area (Å²) in [7, 11) is 3.16. The number of hydrogen-bond acceptors (Lipinski definition) is 5. The Bertz CT molecular complexity index is 1130. The van der Waals surface area contributed by atoms with Gasteiger partial charge in [-0.05, 0) is 42.0 Å².